The molecule has 0 aliphatic carbocycles. The van der Waals surface area contributed by atoms with Gasteiger partial charge in [-0.3, -0.25) is 4.90 Å². The smallest absolute Gasteiger partial charge is 0.123 e. The van der Waals surface area contributed by atoms with Crippen LogP contribution in [0.2, 0.25) is 0 Å². The third-order valence-electron chi connectivity index (χ3n) is 4.68. The number of phenolic OH excluding ortho intramolecular Hbond substituents is 1. The maximum atomic E-state index is 10.5. The number of rotatable bonds is 6. The van der Waals surface area contributed by atoms with Gasteiger partial charge >= 0.3 is 0 Å². The lowest BCUT2D eigenvalue weighted by Gasteiger charge is -2.24. The lowest BCUT2D eigenvalue weighted by Crippen LogP contribution is -2.22. The third-order valence-corrected chi connectivity index (χ3v) is 4.68. The predicted molar refractivity (Wildman–Crippen MR) is 103 cm³/mol. The molecule has 0 radical (unpaired) electrons. The Morgan fingerprint density at radius 1 is 0.680 bits per heavy atom. The molecule has 3 aromatic carbocycles. The summed E-state index contributed by atoms with van der Waals surface area (Å²) in [5.74, 6) is 0.422. The zero-order valence-electron chi connectivity index (χ0n) is 14.9. The van der Waals surface area contributed by atoms with Crippen LogP contribution in [0, 0.1) is 13.8 Å². The van der Waals surface area contributed by atoms with E-state index >= 15 is 0 Å². The molecule has 25 heavy (non-hydrogen) atoms. The Kier molecular flexibility index (Phi) is 5.52. The average molecular weight is 331 g/mol. The maximum absolute atomic E-state index is 10.5. The number of hydrogen-bond donors (Lipinski definition) is 1. The van der Waals surface area contributed by atoms with Crippen molar-refractivity contribution in [1.82, 2.24) is 4.90 Å². The number of phenols is 1. The van der Waals surface area contributed by atoms with Crippen LogP contribution in [0.5, 0.6) is 5.75 Å². The summed E-state index contributed by atoms with van der Waals surface area (Å²) in [4.78, 5) is 2.37. The van der Waals surface area contributed by atoms with Crippen LogP contribution in [0.15, 0.2) is 72.8 Å². The summed E-state index contributed by atoms with van der Waals surface area (Å²) in [6.45, 7) is 6.43. The molecule has 0 amide bonds. The Morgan fingerprint density at radius 2 is 1.20 bits per heavy atom. The second-order valence-electron chi connectivity index (χ2n) is 6.63. The quantitative estimate of drug-likeness (QED) is 0.670. The fraction of sp³-hybridized carbons (Fsp3) is 0.217. The van der Waals surface area contributed by atoms with Crippen molar-refractivity contribution in [2.45, 2.75) is 33.5 Å². The van der Waals surface area contributed by atoms with E-state index < -0.39 is 0 Å². The molecular weight excluding hydrogens is 306 g/mol. The maximum Gasteiger partial charge on any atom is 0.123 e. The van der Waals surface area contributed by atoms with Crippen LogP contribution >= 0.6 is 0 Å². The molecule has 2 nitrogen and oxygen atoms in total. The van der Waals surface area contributed by atoms with Gasteiger partial charge in [0, 0.05) is 25.2 Å². The van der Waals surface area contributed by atoms with Crippen molar-refractivity contribution >= 4 is 0 Å². The molecule has 0 spiro atoms. The van der Waals surface area contributed by atoms with Crippen molar-refractivity contribution in [3.8, 4) is 5.75 Å². The number of benzene rings is 3. The second kappa shape index (κ2) is 8.00. The Bertz CT molecular complexity index is 771. The molecule has 0 heterocycles. The summed E-state index contributed by atoms with van der Waals surface area (Å²) in [7, 11) is 0. The highest BCUT2D eigenvalue weighted by Gasteiger charge is 2.13. The summed E-state index contributed by atoms with van der Waals surface area (Å²) < 4.78 is 0. The number of aromatic hydroxyl groups is 1. The van der Waals surface area contributed by atoms with E-state index in [1.807, 2.05) is 32.0 Å². The molecular formula is C23H25NO. The van der Waals surface area contributed by atoms with Crippen LogP contribution in [0.25, 0.3) is 0 Å². The standard InChI is InChI=1S/C23H25NO/c1-18-13-14-22(23(25)19(18)2)17-24(15-20-9-5-3-6-10-20)16-21-11-7-4-8-12-21/h3-14,25H,15-17H2,1-2H3. The van der Waals surface area contributed by atoms with E-state index in [4.69, 9.17) is 0 Å². The first-order valence-electron chi connectivity index (χ1n) is 8.72. The van der Waals surface area contributed by atoms with Gasteiger partial charge < -0.3 is 5.11 Å². The van der Waals surface area contributed by atoms with E-state index in [-0.39, 0.29) is 0 Å². The van der Waals surface area contributed by atoms with Crippen molar-refractivity contribution in [2.75, 3.05) is 0 Å². The van der Waals surface area contributed by atoms with Crippen LogP contribution in [-0.4, -0.2) is 10.0 Å². The molecule has 3 rings (SSSR count). The highest BCUT2D eigenvalue weighted by atomic mass is 16.3. The summed E-state index contributed by atoms with van der Waals surface area (Å²) in [6.07, 6.45) is 0. The van der Waals surface area contributed by atoms with Gasteiger partial charge in [-0.2, -0.15) is 0 Å². The fourth-order valence-electron chi connectivity index (χ4n) is 3.08. The fourth-order valence-corrected chi connectivity index (χ4v) is 3.08. The highest BCUT2D eigenvalue weighted by molar-refractivity contribution is 5.44. The van der Waals surface area contributed by atoms with Gasteiger partial charge in [0.1, 0.15) is 5.75 Å². The molecule has 1 N–H and O–H groups in total. The lowest BCUT2D eigenvalue weighted by atomic mass is 10.0. The van der Waals surface area contributed by atoms with Gasteiger partial charge in [0.25, 0.3) is 0 Å². The van der Waals surface area contributed by atoms with E-state index in [1.165, 1.54) is 11.1 Å². The molecule has 0 saturated carbocycles. The van der Waals surface area contributed by atoms with E-state index in [9.17, 15) is 5.11 Å². The normalized spacial score (nSPS) is 11.0. The Hall–Kier alpha value is -2.58. The van der Waals surface area contributed by atoms with Gasteiger partial charge in [0.05, 0.1) is 0 Å². The molecule has 0 aromatic heterocycles. The molecule has 0 unspecified atom stereocenters. The first-order chi connectivity index (χ1) is 12.1. The number of hydrogen-bond acceptors (Lipinski definition) is 2. The molecule has 0 atom stereocenters. The van der Waals surface area contributed by atoms with Crippen molar-refractivity contribution in [1.29, 1.82) is 0 Å². The molecule has 0 saturated heterocycles. The van der Waals surface area contributed by atoms with Gasteiger partial charge in [-0.1, -0.05) is 72.8 Å². The van der Waals surface area contributed by atoms with Crippen LogP contribution in [0.3, 0.4) is 0 Å². The van der Waals surface area contributed by atoms with E-state index in [1.54, 1.807) is 0 Å². The molecule has 3 aromatic rings. The van der Waals surface area contributed by atoms with Gasteiger partial charge in [-0.15, -0.1) is 0 Å². The predicted octanol–water partition coefficient (Wildman–Crippen LogP) is 5.21. The van der Waals surface area contributed by atoms with Gasteiger partial charge in [-0.25, -0.2) is 0 Å². The number of nitrogens with zero attached hydrogens (tertiary/aromatic N) is 1. The summed E-state index contributed by atoms with van der Waals surface area (Å²) >= 11 is 0. The molecule has 0 aliphatic rings. The number of aryl methyl sites for hydroxylation is 1. The largest absolute Gasteiger partial charge is 0.507 e. The molecule has 128 valence electrons. The molecule has 0 aliphatic heterocycles. The first kappa shape index (κ1) is 17.2. The van der Waals surface area contributed by atoms with E-state index in [0.29, 0.717) is 5.75 Å². The molecule has 0 fully saturated rings. The summed E-state index contributed by atoms with van der Waals surface area (Å²) in [6, 6.07) is 25.1. The topological polar surface area (TPSA) is 23.5 Å². The zero-order valence-corrected chi connectivity index (χ0v) is 14.9. The minimum absolute atomic E-state index is 0.422. The minimum Gasteiger partial charge on any atom is -0.507 e. The van der Waals surface area contributed by atoms with E-state index in [2.05, 4.69) is 59.5 Å². The van der Waals surface area contributed by atoms with Crippen molar-refractivity contribution in [2.24, 2.45) is 0 Å². The first-order valence-corrected chi connectivity index (χ1v) is 8.72. The average Bonchev–Trinajstić information content (AvgIpc) is 2.64. The Balaban J connectivity index is 1.84. The van der Waals surface area contributed by atoms with Crippen LogP contribution in [0.4, 0.5) is 0 Å². The second-order valence-corrected chi connectivity index (χ2v) is 6.63. The van der Waals surface area contributed by atoms with Crippen LogP contribution in [-0.2, 0) is 19.6 Å². The van der Waals surface area contributed by atoms with Crippen molar-refractivity contribution in [3.63, 3.8) is 0 Å². The molecule has 2 heteroatoms. The third kappa shape index (κ3) is 4.49. The highest BCUT2D eigenvalue weighted by Crippen LogP contribution is 2.27. The van der Waals surface area contributed by atoms with Crippen LogP contribution in [0.1, 0.15) is 27.8 Å². The minimum atomic E-state index is 0.422. The van der Waals surface area contributed by atoms with Crippen molar-refractivity contribution < 1.29 is 5.11 Å². The monoisotopic (exact) mass is 331 g/mol. The lowest BCUT2D eigenvalue weighted by molar-refractivity contribution is 0.244. The Morgan fingerprint density at radius 3 is 1.72 bits per heavy atom. The summed E-state index contributed by atoms with van der Waals surface area (Å²) in [5.41, 5.74) is 5.63. The van der Waals surface area contributed by atoms with Crippen LogP contribution < -0.4 is 0 Å². The SMILES string of the molecule is Cc1ccc(CN(Cc2ccccc2)Cc2ccccc2)c(O)c1C. The van der Waals surface area contributed by atoms with Crippen molar-refractivity contribution in [3.05, 3.63) is 101 Å². The summed E-state index contributed by atoms with van der Waals surface area (Å²) in [5, 5.41) is 10.5. The van der Waals surface area contributed by atoms with Gasteiger partial charge in [-0.05, 0) is 36.1 Å². The Labute approximate surface area is 150 Å². The zero-order chi connectivity index (χ0) is 17.6. The molecule has 0 bridgehead atoms. The van der Waals surface area contributed by atoms with Gasteiger partial charge in [0.2, 0.25) is 0 Å². The van der Waals surface area contributed by atoms with E-state index in [0.717, 1.165) is 36.3 Å². The van der Waals surface area contributed by atoms with Gasteiger partial charge in [0.15, 0.2) is 0 Å².